The van der Waals surface area contributed by atoms with E-state index in [-0.39, 0.29) is 10.8 Å². The first-order valence-electron chi connectivity index (χ1n) is 12.2. The summed E-state index contributed by atoms with van der Waals surface area (Å²) in [5.41, 5.74) is 1.16. The third-order valence-electron chi connectivity index (χ3n) is 13.0. The lowest BCUT2D eigenvalue weighted by Crippen LogP contribution is -2.71. The van der Waals surface area contributed by atoms with Crippen molar-refractivity contribution >= 4 is 5.78 Å². The number of hydrogen-bond acceptors (Lipinski definition) is 1. The van der Waals surface area contributed by atoms with Crippen LogP contribution in [0.4, 0.5) is 0 Å². The third-order valence-corrected chi connectivity index (χ3v) is 13.0. The molecule has 0 saturated heterocycles. The minimum absolute atomic E-state index is 0.0852. The van der Waals surface area contributed by atoms with E-state index in [0.29, 0.717) is 39.8 Å². The molecule has 160 valence electrons. The highest BCUT2D eigenvalue weighted by Gasteiger charge is 2.74. The average Bonchev–Trinajstić information content (AvgIpc) is 2.82. The number of Topliss-reactive ketones (excluding diaryl/α,β-unsaturated/α-hetero) is 1. The molecule has 10 atom stereocenters. The van der Waals surface area contributed by atoms with Crippen molar-refractivity contribution in [3.05, 3.63) is 0 Å². The van der Waals surface area contributed by atoms with E-state index >= 15 is 0 Å². The van der Waals surface area contributed by atoms with Crippen LogP contribution in [0.15, 0.2) is 0 Å². The molecule has 1 nitrogen and oxygen atoms in total. The Morgan fingerprint density at radius 3 is 2.04 bits per heavy atom. The van der Waals surface area contributed by atoms with Crippen LogP contribution >= 0.6 is 0 Å². The molecule has 4 aliphatic carbocycles. The average molecular weight is 387 g/mol. The molecule has 0 heterocycles. The predicted molar refractivity (Wildman–Crippen MR) is 118 cm³/mol. The summed E-state index contributed by atoms with van der Waals surface area (Å²) < 4.78 is 0. The first-order chi connectivity index (χ1) is 12.7. The topological polar surface area (TPSA) is 17.1 Å². The molecule has 0 aromatic rings. The minimum Gasteiger partial charge on any atom is -0.299 e. The summed E-state index contributed by atoms with van der Waals surface area (Å²) in [6.07, 6.45) is 5.75. The zero-order chi connectivity index (χ0) is 21.1. The summed E-state index contributed by atoms with van der Waals surface area (Å²) in [6.45, 7) is 25.5. The number of ketones is 1. The van der Waals surface area contributed by atoms with Crippen LogP contribution in [0.1, 0.15) is 101 Å². The summed E-state index contributed by atoms with van der Waals surface area (Å²) in [6, 6.07) is 0. The van der Waals surface area contributed by atoms with Crippen molar-refractivity contribution in [2.24, 2.45) is 62.6 Å². The fourth-order valence-corrected chi connectivity index (χ4v) is 10.4. The highest BCUT2D eigenvalue weighted by Crippen LogP contribution is 2.79. The lowest BCUT2D eigenvalue weighted by Gasteiger charge is -2.76. The fraction of sp³-hybridized carbons (Fsp3) is 0.963. The summed E-state index contributed by atoms with van der Waals surface area (Å²) in [4.78, 5) is 13.1. The lowest BCUT2D eigenvalue weighted by molar-refractivity contribution is -0.282. The predicted octanol–water partition coefficient (Wildman–Crippen LogP) is 7.39. The van der Waals surface area contributed by atoms with Crippen molar-refractivity contribution in [1.29, 1.82) is 0 Å². The van der Waals surface area contributed by atoms with Gasteiger partial charge in [0.1, 0.15) is 5.78 Å². The SMILES string of the molecule is CC1CC2(C)C(=O)CCC2(C)C2CC(C)C3(C)C(C)(C)C(C)CC(C)C3(C)C12. The number of fused-ring (bicyclic) bond motifs is 5. The molecule has 0 aromatic carbocycles. The van der Waals surface area contributed by atoms with E-state index in [2.05, 4.69) is 69.2 Å². The van der Waals surface area contributed by atoms with E-state index in [4.69, 9.17) is 0 Å². The Morgan fingerprint density at radius 2 is 1.43 bits per heavy atom. The van der Waals surface area contributed by atoms with Gasteiger partial charge in [-0.25, -0.2) is 0 Å². The lowest BCUT2D eigenvalue weighted by atomic mass is 9.28. The second-order valence-corrected chi connectivity index (χ2v) is 13.4. The van der Waals surface area contributed by atoms with E-state index < -0.39 is 0 Å². The maximum absolute atomic E-state index is 13.1. The van der Waals surface area contributed by atoms with Crippen molar-refractivity contribution in [3.63, 3.8) is 0 Å². The minimum atomic E-state index is -0.0852. The third kappa shape index (κ3) is 1.94. The summed E-state index contributed by atoms with van der Waals surface area (Å²) in [5, 5.41) is 0. The molecular formula is C27H46O. The van der Waals surface area contributed by atoms with Gasteiger partial charge in [-0.1, -0.05) is 69.2 Å². The Balaban J connectivity index is 1.91. The van der Waals surface area contributed by atoms with Crippen LogP contribution in [-0.4, -0.2) is 5.78 Å². The van der Waals surface area contributed by atoms with Gasteiger partial charge in [0, 0.05) is 11.8 Å². The van der Waals surface area contributed by atoms with Crippen LogP contribution in [-0.2, 0) is 4.79 Å². The Labute approximate surface area is 174 Å². The molecule has 0 bridgehead atoms. The quantitative estimate of drug-likeness (QED) is 0.424. The zero-order valence-corrected chi connectivity index (χ0v) is 20.4. The van der Waals surface area contributed by atoms with Crippen LogP contribution in [0.2, 0.25) is 0 Å². The van der Waals surface area contributed by atoms with Gasteiger partial charge in [0.2, 0.25) is 0 Å². The second kappa shape index (κ2) is 5.67. The molecule has 0 N–H and O–H groups in total. The molecule has 0 amide bonds. The Bertz CT molecular complexity index is 692. The van der Waals surface area contributed by atoms with Crippen molar-refractivity contribution in [2.45, 2.75) is 101 Å². The molecule has 0 radical (unpaired) electrons. The van der Waals surface area contributed by atoms with Gasteiger partial charge in [0.15, 0.2) is 0 Å². The van der Waals surface area contributed by atoms with Gasteiger partial charge < -0.3 is 0 Å². The molecule has 4 fully saturated rings. The first kappa shape index (κ1) is 20.9. The molecule has 4 aliphatic rings. The van der Waals surface area contributed by atoms with Crippen molar-refractivity contribution in [3.8, 4) is 0 Å². The molecule has 0 aromatic heterocycles. The van der Waals surface area contributed by atoms with E-state index in [0.717, 1.165) is 37.0 Å². The van der Waals surface area contributed by atoms with Gasteiger partial charge in [-0.3, -0.25) is 4.79 Å². The number of carbonyl (C=O) groups is 1. The van der Waals surface area contributed by atoms with Gasteiger partial charge in [0.05, 0.1) is 0 Å². The molecule has 4 saturated carbocycles. The van der Waals surface area contributed by atoms with Crippen LogP contribution in [0.3, 0.4) is 0 Å². The Hall–Kier alpha value is -0.330. The van der Waals surface area contributed by atoms with Gasteiger partial charge in [-0.05, 0) is 82.9 Å². The zero-order valence-electron chi connectivity index (χ0n) is 20.4. The fourth-order valence-electron chi connectivity index (χ4n) is 10.4. The highest BCUT2D eigenvalue weighted by atomic mass is 16.1. The molecular weight excluding hydrogens is 340 g/mol. The van der Waals surface area contributed by atoms with Gasteiger partial charge >= 0.3 is 0 Å². The summed E-state index contributed by atoms with van der Waals surface area (Å²) >= 11 is 0. The maximum Gasteiger partial charge on any atom is 0.139 e. The summed E-state index contributed by atoms with van der Waals surface area (Å²) in [7, 11) is 0. The standard InChI is InChI=1S/C27H46O/c1-16-15-25(8)21(28)11-12-24(25,7)20-14-19(4)27(10)23(5,6)17(2)13-18(3)26(27,9)22(16)20/h16-20,22H,11-15H2,1-10H3. The molecule has 1 heteroatoms. The monoisotopic (exact) mass is 386 g/mol. The van der Waals surface area contributed by atoms with Crippen molar-refractivity contribution in [2.75, 3.05) is 0 Å². The highest BCUT2D eigenvalue weighted by molar-refractivity contribution is 5.88. The van der Waals surface area contributed by atoms with Crippen molar-refractivity contribution in [1.82, 2.24) is 0 Å². The van der Waals surface area contributed by atoms with E-state index in [9.17, 15) is 4.79 Å². The van der Waals surface area contributed by atoms with E-state index in [1.165, 1.54) is 12.8 Å². The van der Waals surface area contributed by atoms with Crippen LogP contribution < -0.4 is 0 Å². The molecule has 4 rings (SSSR count). The Kier molecular flexibility index (Phi) is 4.24. The van der Waals surface area contributed by atoms with Gasteiger partial charge in [-0.15, -0.1) is 0 Å². The number of hydrogen-bond donors (Lipinski definition) is 0. The van der Waals surface area contributed by atoms with Crippen LogP contribution in [0, 0.1) is 62.6 Å². The van der Waals surface area contributed by atoms with E-state index in [1.54, 1.807) is 0 Å². The Morgan fingerprint density at radius 1 is 0.821 bits per heavy atom. The molecule has 0 aliphatic heterocycles. The number of rotatable bonds is 0. The van der Waals surface area contributed by atoms with Gasteiger partial charge in [-0.2, -0.15) is 0 Å². The van der Waals surface area contributed by atoms with Crippen LogP contribution in [0.5, 0.6) is 0 Å². The van der Waals surface area contributed by atoms with Crippen molar-refractivity contribution < 1.29 is 4.79 Å². The van der Waals surface area contributed by atoms with E-state index in [1.807, 2.05) is 0 Å². The molecule has 28 heavy (non-hydrogen) atoms. The second-order valence-electron chi connectivity index (χ2n) is 13.4. The summed E-state index contributed by atoms with van der Waals surface area (Å²) in [5.74, 6) is 4.90. The smallest absolute Gasteiger partial charge is 0.139 e. The normalized spacial score (nSPS) is 60.7. The number of carbonyl (C=O) groups excluding carboxylic acids is 1. The van der Waals surface area contributed by atoms with Crippen LogP contribution in [0.25, 0.3) is 0 Å². The first-order valence-corrected chi connectivity index (χ1v) is 12.2. The molecule has 0 spiro atoms. The largest absolute Gasteiger partial charge is 0.299 e. The maximum atomic E-state index is 13.1. The van der Waals surface area contributed by atoms with Gasteiger partial charge in [0.25, 0.3) is 0 Å². The molecule has 10 unspecified atom stereocenters.